The Bertz CT molecular complexity index is 976. The van der Waals surface area contributed by atoms with Crippen LogP contribution in [0.1, 0.15) is 32.9 Å². The first-order valence-electron chi connectivity index (χ1n) is 8.80. The molecule has 0 spiro atoms. The van der Waals surface area contributed by atoms with Crippen molar-refractivity contribution in [2.45, 2.75) is 51.8 Å². The van der Waals surface area contributed by atoms with E-state index in [1.165, 1.54) is 0 Å². The lowest BCUT2D eigenvalue weighted by Crippen LogP contribution is -2.43. The number of aromatic nitrogens is 1. The first-order chi connectivity index (χ1) is 13.1. The smallest absolute Gasteiger partial charge is 0.407 e. The number of alkyl carbamates (subject to hydrolysis) is 1. The summed E-state index contributed by atoms with van der Waals surface area (Å²) in [7, 11) is 0. The molecule has 0 fully saturated rings. The number of rotatable bonds is 3. The van der Waals surface area contributed by atoms with Gasteiger partial charge in [0.25, 0.3) is 0 Å². The zero-order chi connectivity index (χ0) is 20.6. The van der Waals surface area contributed by atoms with Gasteiger partial charge in [-0.15, -0.1) is 0 Å². The Morgan fingerprint density at radius 3 is 2.82 bits per heavy atom. The second kappa shape index (κ2) is 8.17. The minimum Gasteiger partial charge on any atom is -0.478 e. The van der Waals surface area contributed by atoms with Gasteiger partial charge in [0.2, 0.25) is 0 Å². The second-order valence-electron chi connectivity index (χ2n) is 7.59. The lowest BCUT2D eigenvalue weighted by Gasteiger charge is -2.28. The summed E-state index contributed by atoms with van der Waals surface area (Å²) in [6.07, 6.45) is 1.11. The molecule has 1 aliphatic rings. The van der Waals surface area contributed by atoms with Crippen molar-refractivity contribution in [3.05, 3.63) is 25.4 Å². The van der Waals surface area contributed by atoms with Gasteiger partial charge >= 0.3 is 6.09 Å². The number of fused-ring (bicyclic) bond motifs is 3. The molecule has 2 heterocycles. The van der Waals surface area contributed by atoms with Gasteiger partial charge in [0, 0.05) is 21.9 Å². The Kier molecular flexibility index (Phi) is 6.23. The number of hydrogen-bond acceptors (Lipinski definition) is 4. The fourth-order valence-electron chi connectivity index (χ4n) is 3.34. The van der Waals surface area contributed by atoms with Gasteiger partial charge in [-0.05, 0) is 56.2 Å². The molecule has 1 aliphatic heterocycles. The Balaban J connectivity index is 1.98. The molecule has 0 radical (unpaired) electrons. The minimum absolute atomic E-state index is 0.0769. The van der Waals surface area contributed by atoms with E-state index < -0.39 is 11.7 Å². The van der Waals surface area contributed by atoms with Gasteiger partial charge in [0.15, 0.2) is 6.61 Å². The van der Waals surface area contributed by atoms with E-state index >= 15 is 0 Å². The average Bonchev–Trinajstić information content (AvgIpc) is 2.88. The quantitative estimate of drug-likeness (QED) is 0.541. The number of ether oxygens (including phenoxy) is 2. The van der Waals surface area contributed by atoms with E-state index in [2.05, 4.69) is 32.5 Å². The summed E-state index contributed by atoms with van der Waals surface area (Å²) in [5.41, 5.74) is 1.32. The van der Waals surface area contributed by atoms with Gasteiger partial charge in [0.05, 0.1) is 27.0 Å². The number of amides is 1. The molecule has 1 unspecified atom stereocenters. The van der Waals surface area contributed by atoms with Crippen molar-refractivity contribution in [3.8, 4) is 11.8 Å². The number of halogens is 3. The molecule has 0 aliphatic carbocycles. The molecule has 0 bridgehead atoms. The molecule has 3 rings (SSSR count). The van der Waals surface area contributed by atoms with Gasteiger partial charge in [-0.1, -0.05) is 23.2 Å². The minimum atomic E-state index is -0.552. The molecule has 1 amide bonds. The second-order valence-corrected chi connectivity index (χ2v) is 9.46. The van der Waals surface area contributed by atoms with Crippen molar-refractivity contribution in [3.63, 3.8) is 0 Å². The predicted octanol–water partition coefficient (Wildman–Crippen LogP) is 5.29. The standard InChI is InChI=1S/C19H20Cl2IN3O3/c1-19(2,3)28-18(26)24-10-4-5-12-16(22)14-13(27-7-6-23)8-11(20)15(21)17(14)25(12)9-10/h8,10H,4-5,7,9H2,1-3H3,(H,24,26). The molecule has 9 heteroatoms. The summed E-state index contributed by atoms with van der Waals surface area (Å²) in [6, 6.07) is 3.53. The SMILES string of the molecule is CC(C)(C)OC(=O)NC1CCc2c(I)c3c(OCC#N)cc(Cl)c(Cl)c3n2C1. The van der Waals surface area contributed by atoms with E-state index in [1.54, 1.807) is 6.07 Å². The Morgan fingerprint density at radius 1 is 1.46 bits per heavy atom. The molecule has 1 aromatic heterocycles. The van der Waals surface area contributed by atoms with Crippen molar-refractivity contribution in [1.29, 1.82) is 5.26 Å². The van der Waals surface area contributed by atoms with Crippen molar-refractivity contribution in [1.82, 2.24) is 9.88 Å². The van der Waals surface area contributed by atoms with E-state index in [0.717, 1.165) is 33.0 Å². The fraction of sp³-hybridized carbons (Fsp3) is 0.474. The summed E-state index contributed by atoms with van der Waals surface area (Å²) < 4.78 is 14.1. The summed E-state index contributed by atoms with van der Waals surface area (Å²) in [5, 5.41) is 13.4. The normalized spacial score (nSPS) is 16.4. The number of carbonyl (C=O) groups excluding carboxylic acids is 1. The lowest BCUT2D eigenvalue weighted by molar-refractivity contribution is 0.0493. The van der Waals surface area contributed by atoms with Crippen LogP contribution >= 0.6 is 45.8 Å². The molecular formula is C19H20Cl2IN3O3. The third-order valence-corrected chi connectivity index (χ3v) is 6.31. The van der Waals surface area contributed by atoms with Crippen LogP contribution in [-0.4, -0.2) is 28.9 Å². The van der Waals surface area contributed by atoms with E-state index in [9.17, 15) is 4.79 Å². The third-order valence-electron chi connectivity index (χ3n) is 4.37. The van der Waals surface area contributed by atoms with Crippen LogP contribution in [0.4, 0.5) is 4.79 Å². The maximum absolute atomic E-state index is 12.2. The largest absolute Gasteiger partial charge is 0.478 e. The molecule has 2 aromatic rings. The highest BCUT2D eigenvalue weighted by Gasteiger charge is 2.29. The van der Waals surface area contributed by atoms with Crippen LogP contribution in [0.2, 0.25) is 10.0 Å². The Morgan fingerprint density at radius 2 is 2.18 bits per heavy atom. The highest BCUT2D eigenvalue weighted by Crippen LogP contribution is 2.44. The van der Waals surface area contributed by atoms with Gasteiger partial charge < -0.3 is 19.4 Å². The first kappa shape index (κ1) is 21.3. The van der Waals surface area contributed by atoms with Crippen molar-refractivity contribution in [2.24, 2.45) is 0 Å². The first-order valence-corrected chi connectivity index (χ1v) is 10.6. The Hall–Kier alpha value is -1.37. The average molecular weight is 536 g/mol. The molecule has 150 valence electrons. The summed E-state index contributed by atoms with van der Waals surface area (Å²) in [6.45, 7) is 5.96. The summed E-state index contributed by atoms with van der Waals surface area (Å²) >= 11 is 15.1. The molecule has 1 aromatic carbocycles. The van der Waals surface area contributed by atoms with Crippen LogP contribution in [0, 0.1) is 14.9 Å². The van der Waals surface area contributed by atoms with E-state index in [0.29, 0.717) is 22.3 Å². The van der Waals surface area contributed by atoms with Crippen LogP contribution in [0.3, 0.4) is 0 Å². The number of carbonyl (C=O) groups is 1. The molecule has 1 N–H and O–H groups in total. The third kappa shape index (κ3) is 4.29. The van der Waals surface area contributed by atoms with Crippen molar-refractivity contribution < 1.29 is 14.3 Å². The zero-order valence-electron chi connectivity index (χ0n) is 15.7. The number of nitriles is 1. The van der Waals surface area contributed by atoms with E-state index in [4.69, 9.17) is 37.9 Å². The van der Waals surface area contributed by atoms with E-state index in [-0.39, 0.29) is 12.6 Å². The molecule has 0 saturated heterocycles. The van der Waals surface area contributed by atoms with Crippen molar-refractivity contribution in [2.75, 3.05) is 6.61 Å². The van der Waals surface area contributed by atoms with Crippen LogP contribution in [0.25, 0.3) is 10.9 Å². The number of benzene rings is 1. The van der Waals surface area contributed by atoms with Crippen LogP contribution in [-0.2, 0) is 17.7 Å². The predicted molar refractivity (Wildman–Crippen MR) is 117 cm³/mol. The highest BCUT2D eigenvalue weighted by atomic mass is 127. The number of nitrogens with zero attached hydrogens (tertiary/aromatic N) is 2. The Labute approximate surface area is 187 Å². The number of nitrogens with one attached hydrogen (secondary N) is 1. The highest BCUT2D eigenvalue weighted by molar-refractivity contribution is 14.1. The molecule has 1 atom stereocenters. The molecule has 6 nitrogen and oxygen atoms in total. The van der Waals surface area contributed by atoms with Gasteiger partial charge in [0.1, 0.15) is 17.4 Å². The van der Waals surface area contributed by atoms with Gasteiger partial charge in [-0.2, -0.15) is 5.26 Å². The van der Waals surface area contributed by atoms with E-state index in [1.807, 2.05) is 26.8 Å². The van der Waals surface area contributed by atoms with Crippen LogP contribution in [0.5, 0.6) is 5.75 Å². The summed E-state index contributed by atoms with van der Waals surface area (Å²) in [4.78, 5) is 12.2. The van der Waals surface area contributed by atoms with Gasteiger partial charge in [-0.25, -0.2) is 4.79 Å². The fourth-order valence-corrected chi connectivity index (χ4v) is 4.86. The van der Waals surface area contributed by atoms with Crippen molar-refractivity contribution >= 4 is 62.8 Å². The maximum atomic E-state index is 12.2. The molecule has 28 heavy (non-hydrogen) atoms. The molecule has 0 saturated carbocycles. The maximum Gasteiger partial charge on any atom is 0.407 e. The lowest BCUT2D eigenvalue weighted by atomic mass is 10.1. The summed E-state index contributed by atoms with van der Waals surface area (Å²) in [5.74, 6) is 0.536. The van der Waals surface area contributed by atoms with Crippen LogP contribution < -0.4 is 10.1 Å². The molecular weight excluding hydrogens is 516 g/mol. The van der Waals surface area contributed by atoms with Gasteiger partial charge in [-0.3, -0.25) is 0 Å². The number of hydrogen-bond donors (Lipinski definition) is 1. The van der Waals surface area contributed by atoms with Crippen LogP contribution in [0.15, 0.2) is 6.07 Å². The topological polar surface area (TPSA) is 76.3 Å². The zero-order valence-corrected chi connectivity index (χ0v) is 19.4. The monoisotopic (exact) mass is 535 g/mol.